The fraction of sp³-hybridized carbons (Fsp3) is 0.200. The first-order chi connectivity index (χ1) is 12.6. The molecule has 0 aliphatic carbocycles. The highest BCUT2D eigenvalue weighted by atomic mass is 19.1. The molecule has 2 aromatic carbocycles. The predicted molar refractivity (Wildman–Crippen MR) is 95.3 cm³/mol. The molecule has 0 spiro atoms. The number of carbonyl (C=O) groups is 1. The van der Waals surface area contributed by atoms with Gasteiger partial charge >= 0.3 is 0 Å². The number of hydrogen-bond donors (Lipinski definition) is 0. The molecular formula is C20H19FN2O3. The van der Waals surface area contributed by atoms with E-state index >= 15 is 0 Å². The normalized spacial score (nSPS) is 10.6. The van der Waals surface area contributed by atoms with Gasteiger partial charge in [-0.1, -0.05) is 12.1 Å². The van der Waals surface area contributed by atoms with Crippen molar-refractivity contribution in [3.63, 3.8) is 0 Å². The summed E-state index contributed by atoms with van der Waals surface area (Å²) in [6, 6.07) is 11.4. The second kappa shape index (κ2) is 7.82. The summed E-state index contributed by atoms with van der Waals surface area (Å²) in [5, 5.41) is 0. The van der Waals surface area contributed by atoms with Crippen LogP contribution in [0.3, 0.4) is 0 Å². The fourth-order valence-corrected chi connectivity index (χ4v) is 2.66. The zero-order valence-electron chi connectivity index (χ0n) is 14.6. The van der Waals surface area contributed by atoms with E-state index in [9.17, 15) is 9.18 Å². The molecule has 0 saturated carbocycles. The number of nitrogens with zero attached hydrogens (tertiary/aromatic N) is 2. The van der Waals surface area contributed by atoms with Crippen molar-refractivity contribution < 1.29 is 18.7 Å². The average molecular weight is 354 g/mol. The van der Waals surface area contributed by atoms with E-state index in [1.807, 2.05) is 10.8 Å². The summed E-state index contributed by atoms with van der Waals surface area (Å²) in [4.78, 5) is 16.8. The van der Waals surface area contributed by atoms with Gasteiger partial charge in [-0.2, -0.15) is 0 Å². The van der Waals surface area contributed by atoms with Crippen LogP contribution in [0.1, 0.15) is 21.6 Å². The lowest BCUT2D eigenvalue weighted by Crippen LogP contribution is -2.05. The number of carbonyl (C=O) groups excluding carboxylic acids is 1. The molecule has 0 bridgehead atoms. The number of hydrogen-bond acceptors (Lipinski definition) is 4. The summed E-state index contributed by atoms with van der Waals surface area (Å²) in [5.41, 5.74) is 2.17. The van der Waals surface area contributed by atoms with Gasteiger partial charge in [0.2, 0.25) is 0 Å². The van der Waals surface area contributed by atoms with Crippen molar-refractivity contribution >= 4 is 5.78 Å². The number of aromatic nitrogens is 2. The van der Waals surface area contributed by atoms with Gasteiger partial charge in [0.25, 0.3) is 0 Å². The second-order valence-corrected chi connectivity index (χ2v) is 5.83. The molecule has 0 fully saturated rings. The number of imidazole rings is 1. The summed E-state index contributed by atoms with van der Waals surface area (Å²) in [7, 11) is 3.08. The first-order valence-corrected chi connectivity index (χ1v) is 8.09. The van der Waals surface area contributed by atoms with Gasteiger partial charge in [-0.25, -0.2) is 9.37 Å². The molecule has 134 valence electrons. The van der Waals surface area contributed by atoms with Gasteiger partial charge in [0.1, 0.15) is 5.82 Å². The van der Waals surface area contributed by atoms with E-state index in [1.165, 1.54) is 19.2 Å². The Morgan fingerprint density at radius 3 is 2.50 bits per heavy atom. The summed E-state index contributed by atoms with van der Waals surface area (Å²) >= 11 is 0. The highest BCUT2D eigenvalue weighted by molar-refractivity contribution is 5.97. The summed E-state index contributed by atoms with van der Waals surface area (Å²) < 4.78 is 25.2. The number of ether oxygens (including phenoxy) is 2. The van der Waals surface area contributed by atoms with Gasteiger partial charge in [0, 0.05) is 18.3 Å². The maximum absolute atomic E-state index is 13.0. The Bertz CT molecular complexity index is 904. The van der Waals surface area contributed by atoms with Crippen LogP contribution in [0.5, 0.6) is 11.5 Å². The molecule has 0 N–H and O–H groups in total. The summed E-state index contributed by atoms with van der Waals surface area (Å²) in [6.45, 7) is 0.567. The second-order valence-electron chi connectivity index (χ2n) is 5.83. The number of rotatable bonds is 7. The SMILES string of the molecule is COc1ccc(C(=O)Cc2cn(Cc3ccc(F)cc3)cn2)cc1OC. The number of halogens is 1. The van der Waals surface area contributed by atoms with Crippen molar-refractivity contribution in [1.29, 1.82) is 0 Å². The van der Waals surface area contributed by atoms with E-state index in [0.717, 1.165) is 5.56 Å². The smallest absolute Gasteiger partial charge is 0.169 e. The van der Waals surface area contributed by atoms with Gasteiger partial charge in [0.15, 0.2) is 17.3 Å². The molecule has 26 heavy (non-hydrogen) atoms. The molecule has 1 heterocycles. The summed E-state index contributed by atoms with van der Waals surface area (Å²) in [6.07, 6.45) is 3.68. The zero-order chi connectivity index (χ0) is 18.5. The largest absolute Gasteiger partial charge is 0.493 e. The molecule has 0 amide bonds. The Labute approximate surface area is 151 Å². The van der Waals surface area contributed by atoms with Crippen molar-refractivity contribution in [2.75, 3.05) is 14.2 Å². The Kier molecular flexibility index (Phi) is 5.31. The van der Waals surface area contributed by atoms with Crippen molar-refractivity contribution in [1.82, 2.24) is 9.55 Å². The lowest BCUT2D eigenvalue weighted by molar-refractivity contribution is 0.0991. The molecule has 0 saturated heterocycles. The topological polar surface area (TPSA) is 53.4 Å². The minimum absolute atomic E-state index is 0.0574. The van der Waals surface area contributed by atoms with E-state index in [1.54, 1.807) is 43.8 Å². The van der Waals surface area contributed by atoms with Gasteiger partial charge in [-0.3, -0.25) is 4.79 Å². The number of benzene rings is 2. The van der Waals surface area contributed by atoms with Crippen LogP contribution in [-0.2, 0) is 13.0 Å². The number of methoxy groups -OCH3 is 2. The van der Waals surface area contributed by atoms with Crippen LogP contribution in [-0.4, -0.2) is 29.6 Å². The van der Waals surface area contributed by atoms with Crippen LogP contribution in [0, 0.1) is 5.82 Å². The van der Waals surface area contributed by atoms with Gasteiger partial charge in [0.05, 0.1) is 32.7 Å². The number of ketones is 1. The van der Waals surface area contributed by atoms with Crippen LogP contribution < -0.4 is 9.47 Å². The zero-order valence-corrected chi connectivity index (χ0v) is 14.6. The van der Waals surface area contributed by atoms with E-state index in [2.05, 4.69) is 4.98 Å². The first-order valence-electron chi connectivity index (χ1n) is 8.09. The van der Waals surface area contributed by atoms with Crippen molar-refractivity contribution in [2.24, 2.45) is 0 Å². The third kappa shape index (κ3) is 4.08. The lowest BCUT2D eigenvalue weighted by atomic mass is 10.1. The Morgan fingerprint density at radius 1 is 1.08 bits per heavy atom. The molecule has 1 aromatic heterocycles. The van der Waals surface area contributed by atoms with Crippen molar-refractivity contribution in [3.8, 4) is 11.5 Å². The van der Waals surface area contributed by atoms with Crippen molar-refractivity contribution in [3.05, 3.63) is 77.6 Å². The minimum Gasteiger partial charge on any atom is -0.493 e. The highest BCUT2D eigenvalue weighted by Crippen LogP contribution is 2.28. The van der Waals surface area contributed by atoms with Crippen molar-refractivity contribution in [2.45, 2.75) is 13.0 Å². The van der Waals surface area contributed by atoms with Gasteiger partial charge in [-0.15, -0.1) is 0 Å². The van der Waals surface area contributed by atoms with E-state index in [4.69, 9.17) is 9.47 Å². The maximum atomic E-state index is 13.0. The molecule has 0 aliphatic heterocycles. The molecule has 5 nitrogen and oxygen atoms in total. The third-order valence-corrected chi connectivity index (χ3v) is 4.01. The maximum Gasteiger partial charge on any atom is 0.169 e. The predicted octanol–water partition coefficient (Wildman–Crippen LogP) is 3.51. The molecule has 0 atom stereocenters. The Morgan fingerprint density at radius 2 is 1.81 bits per heavy atom. The van der Waals surface area contributed by atoms with Crippen LogP contribution in [0.4, 0.5) is 4.39 Å². The standard InChI is InChI=1S/C20H19FN2O3/c1-25-19-8-5-15(9-20(19)26-2)18(24)10-17-12-23(13-22-17)11-14-3-6-16(21)7-4-14/h3-9,12-13H,10-11H2,1-2H3. The average Bonchev–Trinajstić information content (AvgIpc) is 3.09. The lowest BCUT2D eigenvalue weighted by Gasteiger charge is -2.08. The van der Waals surface area contributed by atoms with Crippen LogP contribution in [0.15, 0.2) is 55.0 Å². The minimum atomic E-state index is -0.263. The molecule has 6 heteroatoms. The van der Waals surface area contributed by atoms with Crippen LogP contribution in [0.2, 0.25) is 0 Å². The van der Waals surface area contributed by atoms with Crippen LogP contribution in [0.25, 0.3) is 0 Å². The van der Waals surface area contributed by atoms with Gasteiger partial charge < -0.3 is 14.0 Å². The molecule has 3 rings (SSSR count). The molecule has 0 radical (unpaired) electrons. The molecule has 0 unspecified atom stereocenters. The Hall–Kier alpha value is -3.15. The molecule has 3 aromatic rings. The van der Waals surface area contributed by atoms with E-state index < -0.39 is 0 Å². The highest BCUT2D eigenvalue weighted by Gasteiger charge is 2.13. The fourth-order valence-electron chi connectivity index (χ4n) is 2.66. The monoisotopic (exact) mass is 354 g/mol. The first kappa shape index (κ1) is 17.7. The Balaban J connectivity index is 1.68. The third-order valence-electron chi connectivity index (χ3n) is 4.01. The number of Topliss-reactive ketones (excluding diaryl/α,β-unsaturated/α-hetero) is 1. The van der Waals surface area contributed by atoms with E-state index in [0.29, 0.717) is 29.3 Å². The van der Waals surface area contributed by atoms with Gasteiger partial charge in [-0.05, 0) is 35.9 Å². The van der Waals surface area contributed by atoms with Crippen LogP contribution >= 0.6 is 0 Å². The molecule has 0 aliphatic rings. The van der Waals surface area contributed by atoms with E-state index in [-0.39, 0.29) is 18.0 Å². The quantitative estimate of drug-likeness (QED) is 0.609. The molecular weight excluding hydrogens is 335 g/mol. The summed E-state index contributed by atoms with van der Waals surface area (Å²) in [5.74, 6) is 0.770.